The van der Waals surface area contributed by atoms with Crippen LogP contribution in [0.5, 0.6) is 0 Å². The number of hydrogen-bond donors (Lipinski definition) is 1. The quantitative estimate of drug-likeness (QED) is 0.605. The molecule has 0 bridgehead atoms. The van der Waals surface area contributed by atoms with E-state index in [4.69, 9.17) is 4.74 Å². The van der Waals surface area contributed by atoms with Crippen LogP contribution in [-0.2, 0) is 14.8 Å². The monoisotopic (exact) mass is 181 g/mol. The topological polar surface area (TPSA) is 55.4 Å². The zero-order chi connectivity index (χ0) is 8.91. The Hall–Kier alpha value is -0.130. The van der Waals surface area contributed by atoms with Gasteiger partial charge in [0.05, 0.1) is 19.0 Å². The van der Waals surface area contributed by atoms with Crippen molar-refractivity contribution in [3.05, 3.63) is 0 Å². The van der Waals surface area contributed by atoms with Gasteiger partial charge in [-0.1, -0.05) is 0 Å². The number of sulfonamides is 1. The van der Waals surface area contributed by atoms with Crippen LogP contribution in [0.3, 0.4) is 0 Å². The third-order valence-corrected chi connectivity index (χ3v) is 1.65. The molecule has 0 fully saturated rings. The zero-order valence-electron chi connectivity index (χ0n) is 7.12. The van der Waals surface area contributed by atoms with Gasteiger partial charge in [0.2, 0.25) is 10.0 Å². The molecule has 68 valence electrons. The lowest BCUT2D eigenvalue weighted by atomic mass is 10.5. The molecule has 0 radical (unpaired) electrons. The second kappa shape index (κ2) is 4.69. The third kappa shape index (κ3) is 9.87. The summed E-state index contributed by atoms with van der Waals surface area (Å²) in [5.41, 5.74) is 0. The first-order valence-electron chi connectivity index (χ1n) is 3.48. The van der Waals surface area contributed by atoms with Crippen molar-refractivity contribution in [2.45, 2.75) is 20.0 Å². The maximum absolute atomic E-state index is 10.5. The van der Waals surface area contributed by atoms with E-state index in [1.807, 2.05) is 13.8 Å². The van der Waals surface area contributed by atoms with Crippen LogP contribution >= 0.6 is 0 Å². The molecular formula is C6H15NO3S. The summed E-state index contributed by atoms with van der Waals surface area (Å²) < 4.78 is 28.5. The molecule has 0 aromatic rings. The van der Waals surface area contributed by atoms with Crippen molar-refractivity contribution in [1.29, 1.82) is 0 Å². The molecule has 0 aliphatic carbocycles. The lowest BCUT2D eigenvalue weighted by molar-refractivity contribution is 0.0834. The molecule has 0 aromatic heterocycles. The van der Waals surface area contributed by atoms with Crippen molar-refractivity contribution in [3.8, 4) is 0 Å². The Morgan fingerprint density at radius 1 is 1.45 bits per heavy atom. The molecule has 0 spiro atoms. The standard InChI is InChI=1S/C6H15NO3S/c1-6(2)10-5-4-7-11(3,8)9/h6-7H,4-5H2,1-3H3. The summed E-state index contributed by atoms with van der Waals surface area (Å²) in [5.74, 6) is 0. The van der Waals surface area contributed by atoms with Crippen molar-refractivity contribution < 1.29 is 13.2 Å². The Morgan fingerprint density at radius 3 is 2.36 bits per heavy atom. The summed E-state index contributed by atoms with van der Waals surface area (Å²) in [6.45, 7) is 4.57. The molecule has 4 nitrogen and oxygen atoms in total. The Balaban J connectivity index is 3.30. The smallest absolute Gasteiger partial charge is 0.208 e. The molecule has 0 unspecified atom stereocenters. The first-order valence-corrected chi connectivity index (χ1v) is 5.37. The number of rotatable bonds is 5. The van der Waals surface area contributed by atoms with E-state index in [0.29, 0.717) is 13.2 Å². The van der Waals surface area contributed by atoms with E-state index in [1.165, 1.54) is 0 Å². The molecule has 0 aliphatic heterocycles. The van der Waals surface area contributed by atoms with Crippen molar-refractivity contribution in [2.75, 3.05) is 19.4 Å². The minimum Gasteiger partial charge on any atom is -0.377 e. The van der Waals surface area contributed by atoms with E-state index in [-0.39, 0.29) is 6.10 Å². The van der Waals surface area contributed by atoms with Crippen molar-refractivity contribution >= 4 is 10.0 Å². The van der Waals surface area contributed by atoms with E-state index >= 15 is 0 Å². The van der Waals surface area contributed by atoms with Crippen LogP contribution in [0, 0.1) is 0 Å². The Kier molecular flexibility index (Phi) is 4.63. The second-order valence-corrected chi connectivity index (χ2v) is 4.42. The lowest BCUT2D eigenvalue weighted by Gasteiger charge is -2.06. The largest absolute Gasteiger partial charge is 0.377 e. The minimum atomic E-state index is -3.05. The molecule has 0 heterocycles. The van der Waals surface area contributed by atoms with E-state index in [1.54, 1.807) is 0 Å². The number of nitrogens with one attached hydrogen (secondary N) is 1. The van der Waals surface area contributed by atoms with Gasteiger partial charge in [0.1, 0.15) is 0 Å². The summed E-state index contributed by atoms with van der Waals surface area (Å²) in [6.07, 6.45) is 1.28. The molecular weight excluding hydrogens is 166 g/mol. The predicted molar refractivity (Wildman–Crippen MR) is 43.9 cm³/mol. The van der Waals surface area contributed by atoms with E-state index in [9.17, 15) is 8.42 Å². The molecule has 0 aliphatic rings. The van der Waals surface area contributed by atoms with Crippen LogP contribution in [0.2, 0.25) is 0 Å². The fourth-order valence-corrected chi connectivity index (χ4v) is 0.976. The molecule has 0 atom stereocenters. The van der Waals surface area contributed by atoms with Gasteiger partial charge >= 0.3 is 0 Å². The van der Waals surface area contributed by atoms with Crippen molar-refractivity contribution in [3.63, 3.8) is 0 Å². The molecule has 0 aromatic carbocycles. The SMILES string of the molecule is CC(C)OCCNS(C)(=O)=O. The summed E-state index contributed by atoms with van der Waals surface area (Å²) >= 11 is 0. The fraction of sp³-hybridized carbons (Fsp3) is 1.00. The molecule has 0 saturated carbocycles. The van der Waals surface area contributed by atoms with E-state index in [0.717, 1.165) is 6.26 Å². The highest BCUT2D eigenvalue weighted by Crippen LogP contribution is 1.85. The third-order valence-electron chi connectivity index (χ3n) is 0.917. The second-order valence-electron chi connectivity index (χ2n) is 2.59. The molecule has 0 saturated heterocycles. The summed E-state index contributed by atoms with van der Waals surface area (Å²) in [5, 5.41) is 0. The average molecular weight is 181 g/mol. The van der Waals surface area contributed by atoms with Gasteiger partial charge in [-0.05, 0) is 13.8 Å². The Morgan fingerprint density at radius 2 is 2.00 bits per heavy atom. The minimum absolute atomic E-state index is 0.149. The molecule has 0 rings (SSSR count). The average Bonchev–Trinajstić information content (AvgIpc) is 1.78. The number of ether oxygens (including phenoxy) is 1. The summed E-state index contributed by atoms with van der Waals surface area (Å²) in [4.78, 5) is 0. The lowest BCUT2D eigenvalue weighted by Crippen LogP contribution is -2.26. The van der Waals surface area contributed by atoms with Crippen LogP contribution in [0.1, 0.15) is 13.8 Å². The first-order chi connectivity index (χ1) is 4.92. The summed E-state index contributed by atoms with van der Waals surface area (Å²) in [7, 11) is -3.05. The van der Waals surface area contributed by atoms with E-state index in [2.05, 4.69) is 4.72 Å². The molecule has 5 heteroatoms. The first kappa shape index (κ1) is 10.9. The Bertz CT molecular complexity index is 186. The molecule has 0 amide bonds. The maximum Gasteiger partial charge on any atom is 0.208 e. The van der Waals surface area contributed by atoms with Crippen molar-refractivity contribution in [1.82, 2.24) is 4.72 Å². The van der Waals surface area contributed by atoms with Gasteiger partial charge < -0.3 is 4.74 Å². The van der Waals surface area contributed by atoms with Crippen LogP contribution in [0.15, 0.2) is 0 Å². The van der Waals surface area contributed by atoms with Gasteiger partial charge in [-0.3, -0.25) is 0 Å². The van der Waals surface area contributed by atoms with E-state index < -0.39 is 10.0 Å². The van der Waals surface area contributed by atoms with Gasteiger partial charge in [0.25, 0.3) is 0 Å². The van der Waals surface area contributed by atoms with Gasteiger partial charge in [0.15, 0.2) is 0 Å². The van der Waals surface area contributed by atoms with Crippen LogP contribution in [0.4, 0.5) is 0 Å². The zero-order valence-corrected chi connectivity index (χ0v) is 7.94. The van der Waals surface area contributed by atoms with Crippen LogP contribution in [0.25, 0.3) is 0 Å². The van der Waals surface area contributed by atoms with Crippen LogP contribution in [-0.4, -0.2) is 33.9 Å². The van der Waals surface area contributed by atoms with Crippen LogP contribution < -0.4 is 4.72 Å². The maximum atomic E-state index is 10.5. The normalized spacial score (nSPS) is 12.4. The summed E-state index contributed by atoms with van der Waals surface area (Å²) in [6, 6.07) is 0. The fourth-order valence-electron chi connectivity index (χ4n) is 0.522. The van der Waals surface area contributed by atoms with Gasteiger partial charge in [-0.25, -0.2) is 13.1 Å². The highest BCUT2D eigenvalue weighted by molar-refractivity contribution is 7.88. The predicted octanol–water partition coefficient (Wildman–Crippen LogP) is -0.0394. The van der Waals surface area contributed by atoms with Gasteiger partial charge in [-0.2, -0.15) is 0 Å². The molecule has 11 heavy (non-hydrogen) atoms. The van der Waals surface area contributed by atoms with Gasteiger partial charge in [-0.15, -0.1) is 0 Å². The Labute approximate surface area is 68.0 Å². The highest BCUT2D eigenvalue weighted by Gasteiger charge is 1.99. The van der Waals surface area contributed by atoms with Crippen molar-refractivity contribution in [2.24, 2.45) is 0 Å². The highest BCUT2D eigenvalue weighted by atomic mass is 32.2. The number of hydrogen-bond acceptors (Lipinski definition) is 3. The molecule has 1 N–H and O–H groups in total. The van der Waals surface area contributed by atoms with Gasteiger partial charge in [0, 0.05) is 6.54 Å².